The van der Waals surface area contributed by atoms with Gasteiger partial charge in [0.1, 0.15) is 11.2 Å². The van der Waals surface area contributed by atoms with Crippen molar-refractivity contribution in [3.63, 3.8) is 0 Å². The Bertz CT molecular complexity index is 496. The first-order valence-corrected chi connectivity index (χ1v) is 7.82. The van der Waals surface area contributed by atoms with Gasteiger partial charge in [-0.25, -0.2) is 0 Å². The molecule has 0 saturated carbocycles. The van der Waals surface area contributed by atoms with Gasteiger partial charge in [-0.2, -0.15) is 5.23 Å². The summed E-state index contributed by atoms with van der Waals surface area (Å²) in [6.45, 7) is 9.59. The van der Waals surface area contributed by atoms with Crippen molar-refractivity contribution in [2.24, 2.45) is 0 Å². The molecule has 0 unspecified atom stereocenters. The summed E-state index contributed by atoms with van der Waals surface area (Å²) in [6, 6.07) is 8.79. The average Bonchev–Trinajstić information content (AvgIpc) is 2.69. The molecule has 0 amide bonds. The first kappa shape index (κ1) is 18.7. The van der Waals surface area contributed by atoms with Gasteiger partial charge in [-0.1, -0.05) is 0 Å². The van der Waals surface area contributed by atoms with E-state index in [1.165, 1.54) is 5.23 Å². The first-order chi connectivity index (χ1) is 10.4. The standard InChI is InChI=1S/C17H24NO4.Zn/c1-16(2)17(3,4)22-18(21-16)13-5-7-14(8-6-13)20-15-9-11-19-12-10-15;/h5-7,15H,9-12H2,1-4H3;/q-1;. The third kappa shape index (κ3) is 4.05. The molecule has 2 heterocycles. The average molecular weight is 372 g/mol. The summed E-state index contributed by atoms with van der Waals surface area (Å²) in [5, 5.41) is 1.47. The van der Waals surface area contributed by atoms with Crippen LogP contribution in [0, 0.1) is 6.07 Å². The predicted octanol–water partition coefficient (Wildman–Crippen LogP) is 3.28. The van der Waals surface area contributed by atoms with Gasteiger partial charge in [0.05, 0.1) is 19.3 Å². The Morgan fingerprint density at radius 3 is 2.22 bits per heavy atom. The molecule has 0 aromatic heterocycles. The fourth-order valence-electron chi connectivity index (χ4n) is 2.32. The second-order valence-electron chi connectivity index (χ2n) is 6.80. The van der Waals surface area contributed by atoms with Crippen molar-refractivity contribution in [3.05, 3.63) is 24.3 Å². The molecule has 2 aliphatic rings. The maximum Gasteiger partial charge on any atom is 0.123 e. The summed E-state index contributed by atoms with van der Waals surface area (Å²) in [5.74, 6) is 0.744. The van der Waals surface area contributed by atoms with E-state index >= 15 is 0 Å². The molecular formula is C17H24NO4Zn-. The van der Waals surface area contributed by atoms with Gasteiger partial charge in [0.2, 0.25) is 0 Å². The van der Waals surface area contributed by atoms with Gasteiger partial charge >= 0.3 is 0 Å². The van der Waals surface area contributed by atoms with Crippen LogP contribution in [0.2, 0.25) is 0 Å². The van der Waals surface area contributed by atoms with Gasteiger partial charge in [0.25, 0.3) is 0 Å². The third-order valence-corrected chi connectivity index (χ3v) is 4.51. The van der Waals surface area contributed by atoms with Crippen LogP contribution in [0.1, 0.15) is 40.5 Å². The number of ether oxygens (including phenoxy) is 2. The molecule has 1 aromatic rings. The largest absolute Gasteiger partial charge is 0.516 e. The van der Waals surface area contributed by atoms with Crippen molar-refractivity contribution in [2.75, 3.05) is 18.4 Å². The van der Waals surface area contributed by atoms with Crippen molar-refractivity contribution in [3.8, 4) is 5.75 Å². The Hall–Kier alpha value is -0.677. The van der Waals surface area contributed by atoms with Crippen molar-refractivity contribution in [2.45, 2.75) is 57.8 Å². The monoisotopic (exact) mass is 370 g/mol. The number of rotatable bonds is 3. The zero-order valence-corrected chi connectivity index (χ0v) is 17.4. The quantitative estimate of drug-likeness (QED) is 0.602. The maximum absolute atomic E-state index is 5.92. The van der Waals surface area contributed by atoms with E-state index in [1.54, 1.807) is 0 Å². The third-order valence-electron chi connectivity index (χ3n) is 4.51. The van der Waals surface area contributed by atoms with Gasteiger partial charge in [-0.3, -0.25) is 9.68 Å². The van der Waals surface area contributed by atoms with Crippen molar-refractivity contribution >= 4 is 5.69 Å². The maximum atomic E-state index is 5.92. The van der Waals surface area contributed by atoms with Crippen molar-refractivity contribution < 1.29 is 38.6 Å². The molecule has 3 rings (SSSR count). The summed E-state index contributed by atoms with van der Waals surface area (Å²) in [6.07, 6.45) is 2.07. The van der Waals surface area contributed by atoms with E-state index in [4.69, 9.17) is 19.1 Å². The van der Waals surface area contributed by atoms with E-state index in [0.717, 1.165) is 37.5 Å². The molecule has 0 radical (unpaired) electrons. The SMILES string of the molecule is CC1(C)ON(c2c[c-]c(OC3CCOCC3)cc2)OC1(C)C.[Zn]. The fourth-order valence-corrected chi connectivity index (χ4v) is 2.32. The summed E-state index contributed by atoms with van der Waals surface area (Å²) >= 11 is 0. The van der Waals surface area contributed by atoms with Crippen molar-refractivity contribution in [1.29, 1.82) is 0 Å². The minimum atomic E-state index is -0.399. The zero-order chi connectivity index (χ0) is 15.8. The van der Waals surface area contributed by atoms with Crippen LogP contribution >= 0.6 is 0 Å². The van der Waals surface area contributed by atoms with Crippen molar-refractivity contribution in [1.82, 2.24) is 0 Å². The Morgan fingerprint density at radius 1 is 1.09 bits per heavy atom. The number of nitrogens with zero attached hydrogens (tertiary/aromatic N) is 1. The molecule has 0 aliphatic carbocycles. The summed E-state index contributed by atoms with van der Waals surface area (Å²) in [4.78, 5) is 11.7. The molecule has 2 saturated heterocycles. The van der Waals surface area contributed by atoms with Gasteiger partial charge in [-0.05, 0) is 33.4 Å². The molecule has 23 heavy (non-hydrogen) atoms. The molecule has 0 N–H and O–H groups in total. The number of hydrogen-bond acceptors (Lipinski definition) is 5. The van der Waals surface area contributed by atoms with E-state index in [0.29, 0.717) is 0 Å². The molecule has 0 bridgehead atoms. The second-order valence-corrected chi connectivity index (χ2v) is 6.80. The molecule has 6 heteroatoms. The molecule has 0 spiro atoms. The van der Waals surface area contributed by atoms with Gasteiger partial charge in [-0.15, -0.1) is 24.3 Å². The first-order valence-electron chi connectivity index (χ1n) is 7.82. The smallest absolute Gasteiger partial charge is 0.123 e. The van der Waals surface area contributed by atoms with E-state index < -0.39 is 11.2 Å². The summed E-state index contributed by atoms with van der Waals surface area (Å²) < 4.78 is 11.3. The van der Waals surface area contributed by atoms with E-state index in [9.17, 15) is 0 Å². The summed E-state index contributed by atoms with van der Waals surface area (Å²) in [7, 11) is 0. The Kier molecular flexibility index (Phi) is 5.73. The van der Waals surface area contributed by atoms with Crippen LogP contribution in [-0.2, 0) is 33.9 Å². The topological polar surface area (TPSA) is 40.2 Å². The minimum absolute atomic E-state index is 0. The van der Waals surface area contributed by atoms with E-state index in [1.807, 2.05) is 45.9 Å². The molecule has 0 atom stereocenters. The van der Waals surface area contributed by atoms with E-state index in [2.05, 4.69) is 6.07 Å². The Labute approximate surface area is 150 Å². The van der Waals surface area contributed by atoms with Crippen LogP contribution in [0.15, 0.2) is 18.2 Å². The van der Waals surface area contributed by atoms with Crippen LogP contribution < -0.4 is 9.96 Å². The number of hydrogen-bond donors (Lipinski definition) is 0. The molecule has 124 valence electrons. The molecule has 2 fully saturated rings. The molecule has 2 aliphatic heterocycles. The zero-order valence-electron chi connectivity index (χ0n) is 14.4. The Morgan fingerprint density at radius 2 is 1.70 bits per heavy atom. The molecule has 1 aromatic carbocycles. The number of benzene rings is 1. The second kappa shape index (κ2) is 7.06. The van der Waals surface area contributed by atoms with Crippen LogP contribution in [0.4, 0.5) is 5.69 Å². The fraction of sp³-hybridized carbons (Fsp3) is 0.647. The predicted molar refractivity (Wildman–Crippen MR) is 82.6 cm³/mol. The molecular weight excluding hydrogens is 348 g/mol. The Balaban J connectivity index is 0.00000192. The van der Waals surface area contributed by atoms with Gasteiger partial charge < -0.3 is 9.47 Å². The molecule has 5 nitrogen and oxygen atoms in total. The minimum Gasteiger partial charge on any atom is -0.516 e. The summed E-state index contributed by atoms with van der Waals surface area (Å²) in [5.41, 5.74) is 0.00660. The van der Waals surface area contributed by atoms with Crippen LogP contribution in [-0.4, -0.2) is 30.5 Å². The number of anilines is 1. The van der Waals surface area contributed by atoms with Gasteiger partial charge in [0, 0.05) is 38.1 Å². The van der Waals surface area contributed by atoms with Crippen LogP contribution in [0.5, 0.6) is 5.75 Å². The van der Waals surface area contributed by atoms with E-state index in [-0.39, 0.29) is 25.6 Å². The van der Waals surface area contributed by atoms with Crippen LogP contribution in [0.25, 0.3) is 0 Å². The van der Waals surface area contributed by atoms with Gasteiger partial charge in [0.15, 0.2) is 0 Å². The van der Waals surface area contributed by atoms with Crippen LogP contribution in [0.3, 0.4) is 0 Å². The normalized spacial score (nSPS) is 23.4.